The number of rotatable bonds is 6. The fourth-order valence-electron chi connectivity index (χ4n) is 3.15. The Morgan fingerprint density at radius 1 is 1.35 bits per heavy atom. The molecular weight excluding hydrogens is 399 g/mol. The maximum Gasteiger partial charge on any atom is 0.188 e. The van der Waals surface area contributed by atoms with Crippen molar-refractivity contribution >= 4 is 29.9 Å². The molecule has 130 valence electrons. The van der Waals surface area contributed by atoms with E-state index in [1.54, 1.807) is 0 Å². The summed E-state index contributed by atoms with van der Waals surface area (Å²) in [4.78, 5) is 7.07. The monoisotopic (exact) mass is 430 g/mol. The number of nitrogens with two attached hydrogens (primary N) is 1. The average molecular weight is 430 g/mol. The fraction of sp³-hybridized carbons (Fsp3) is 0.611. The van der Waals surface area contributed by atoms with Crippen LogP contribution in [0.1, 0.15) is 38.7 Å². The first-order valence-electron chi connectivity index (χ1n) is 8.50. The van der Waals surface area contributed by atoms with Crippen LogP contribution in [0.3, 0.4) is 0 Å². The van der Waals surface area contributed by atoms with Crippen molar-refractivity contribution in [3.63, 3.8) is 0 Å². The molecule has 0 radical (unpaired) electrons. The van der Waals surface area contributed by atoms with Crippen molar-refractivity contribution in [2.75, 3.05) is 19.6 Å². The number of nitrogens with zero attached hydrogens (tertiary/aromatic N) is 2. The second kappa shape index (κ2) is 10.9. The Morgan fingerprint density at radius 2 is 2.09 bits per heavy atom. The van der Waals surface area contributed by atoms with E-state index in [1.807, 2.05) is 6.07 Å². The van der Waals surface area contributed by atoms with E-state index in [1.165, 1.54) is 31.4 Å². The molecule has 0 saturated carbocycles. The van der Waals surface area contributed by atoms with Crippen LogP contribution in [0.2, 0.25) is 0 Å². The van der Waals surface area contributed by atoms with Gasteiger partial charge in [0.1, 0.15) is 0 Å². The van der Waals surface area contributed by atoms with Crippen molar-refractivity contribution in [1.82, 2.24) is 10.2 Å². The van der Waals surface area contributed by atoms with Gasteiger partial charge in [-0.15, -0.1) is 24.0 Å². The van der Waals surface area contributed by atoms with Crippen molar-refractivity contribution in [2.24, 2.45) is 10.7 Å². The number of piperidine rings is 1. The fourth-order valence-corrected chi connectivity index (χ4v) is 3.15. The lowest BCUT2D eigenvalue weighted by atomic mass is 10.0. The Morgan fingerprint density at radius 3 is 2.78 bits per heavy atom. The summed E-state index contributed by atoms with van der Waals surface area (Å²) in [5, 5.41) is 3.21. The minimum atomic E-state index is 0. The SMILES string of the molecule is CC1CCCCN1C(C)CN=C(N)NCCc1ccccc1.I. The van der Waals surface area contributed by atoms with Gasteiger partial charge >= 0.3 is 0 Å². The van der Waals surface area contributed by atoms with Gasteiger partial charge in [0, 0.05) is 18.6 Å². The van der Waals surface area contributed by atoms with Crippen LogP contribution < -0.4 is 11.1 Å². The predicted molar refractivity (Wildman–Crippen MR) is 110 cm³/mol. The van der Waals surface area contributed by atoms with Gasteiger partial charge in [-0.2, -0.15) is 0 Å². The van der Waals surface area contributed by atoms with Crippen LogP contribution >= 0.6 is 24.0 Å². The molecule has 0 bridgehead atoms. The smallest absolute Gasteiger partial charge is 0.188 e. The summed E-state index contributed by atoms with van der Waals surface area (Å²) >= 11 is 0. The lowest BCUT2D eigenvalue weighted by Gasteiger charge is -2.37. The molecule has 3 N–H and O–H groups in total. The number of benzene rings is 1. The van der Waals surface area contributed by atoms with Gasteiger partial charge in [0.05, 0.1) is 6.54 Å². The van der Waals surface area contributed by atoms with Crippen molar-refractivity contribution < 1.29 is 0 Å². The number of hydrogen-bond acceptors (Lipinski definition) is 2. The maximum atomic E-state index is 5.97. The van der Waals surface area contributed by atoms with E-state index >= 15 is 0 Å². The Kier molecular flexibility index (Phi) is 9.55. The van der Waals surface area contributed by atoms with Gasteiger partial charge < -0.3 is 11.1 Å². The van der Waals surface area contributed by atoms with Crippen LogP contribution in [0, 0.1) is 0 Å². The quantitative estimate of drug-likeness (QED) is 0.415. The summed E-state index contributed by atoms with van der Waals surface area (Å²) in [7, 11) is 0. The minimum absolute atomic E-state index is 0. The first kappa shape index (κ1) is 20.2. The first-order valence-corrected chi connectivity index (χ1v) is 8.50. The second-order valence-electron chi connectivity index (χ2n) is 6.32. The molecule has 2 unspecified atom stereocenters. The summed E-state index contributed by atoms with van der Waals surface area (Å²) in [5.74, 6) is 0.562. The molecule has 0 amide bonds. The van der Waals surface area contributed by atoms with E-state index in [0.29, 0.717) is 18.0 Å². The van der Waals surface area contributed by atoms with Gasteiger partial charge in [0.25, 0.3) is 0 Å². The lowest BCUT2D eigenvalue weighted by Crippen LogP contribution is -2.45. The predicted octanol–water partition coefficient (Wildman–Crippen LogP) is 3.01. The normalized spacial score (nSPS) is 20.6. The molecule has 1 heterocycles. The van der Waals surface area contributed by atoms with E-state index in [0.717, 1.165) is 19.5 Å². The molecule has 1 aliphatic rings. The third-order valence-corrected chi connectivity index (χ3v) is 4.51. The number of likely N-dealkylation sites (tertiary alicyclic amines) is 1. The lowest BCUT2D eigenvalue weighted by molar-refractivity contribution is 0.118. The van der Waals surface area contributed by atoms with E-state index in [-0.39, 0.29) is 24.0 Å². The second-order valence-corrected chi connectivity index (χ2v) is 6.32. The van der Waals surface area contributed by atoms with E-state index in [4.69, 9.17) is 5.73 Å². The summed E-state index contributed by atoms with van der Waals surface area (Å²) in [5.41, 5.74) is 7.29. The van der Waals surface area contributed by atoms with Gasteiger partial charge in [-0.25, -0.2) is 0 Å². The van der Waals surface area contributed by atoms with Crippen molar-refractivity contribution in [1.29, 1.82) is 0 Å². The van der Waals surface area contributed by atoms with Crippen LogP contribution in [0.5, 0.6) is 0 Å². The molecule has 1 aromatic rings. The largest absolute Gasteiger partial charge is 0.370 e. The van der Waals surface area contributed by atoms with Crippen LogP contribution in [-0.4, -0.2) is 42.6 Å². The van der Waals surface area contributed by atoms with Crippen LogP contribution in [-0.2, 0) is 6.42 Å². The van der Waals surface area contributed by atoms with Gasteiger partial charge in [-0.1, -0.05) is 36.8 Å². The highest BCUT2D eigenvalue weighted by Gasteiger charge is 2.22. The first-order chi connectivity index (χ1) is 10.7. The Bertz CT molecular complexity index is 463. The van der Waals surface area contributed by atoms with Crippen LogP contribution in [0.4, 0.5) is 0 Å². The molecule has 5 heteroatoms. The van der Waals surface area contributed by atoms with Crippen LogP contribution in [0.25, 0.3) is 0 Å². The molecule has 23 heavy (non-hydrogen) atoms. The topological polar surface area (TPSA) is 53.6 Å². The molecular formula is C18H31IN4. The van der Waals surface area contributed by atoms with Crippen molar-refractivity contribution in [3.05, 3.63) is 35.9 Å². The molecule has 1 aliphatic heterocycles. The summed E-state index contributed by atoms with van der Waals surface area (Å²) in [6.45, 7) is 7.37. The molecule has 0 spiro atoms. The van der Waals surface area contributed by atoms with Gasteiger partial charge in [-0.3, -0.25) is 9.89 Å². The van der Waals surface area contributed by atoms with Crippen molar-refractivity contribution in [2.45, 2.75) is 51.6 Å². The number of guanidine groups is 1. The average Bonchev–Trinajstić information content (AvgIpc) is 2.54. The molecule has 1 saturated heterocycles. The van der Waals surface area contributed by atoms with Crippen molar-refractivity contribution in [3.8, 4) is 0 Å². The molecule has 4 nitrogen and oxygen atoms in total. The third-order valence-electron chi connectivity index (χ3n) is 4.51. The number of aliphatic imine (C=N–C) groups is 1. The summed E-state index contributed by atoms with van der Waals surface area (Å²) < 4.78 is 0. The highest BCUT2D eigenvalue weighted by atomic mass is 127. The number of halogens is 1. The number of nitrogens with one attached hydrogen (secondary N) is 1. The number of hydrogen-bond donors (Lipinski definition) is 2. The highest BCUT2D eigenvalue weighted by molar-refractivity contribution is 14.0. The van der Waals surface area contributed by atoms with Gasteiger partial charge in [0.15, 0.2) is 5.96 Å². The zero-order valence-corrected chi connectivity index (χ0v) is 16.7. The summed E-state index contributed by atoms with van der Waals surface area (Å²) in [6, 6.07) is 11.6. The molecule has 2 rings (SSSR count). The van der Waals surface area contributed by atoms with E-state index in [2.05, 4.69) is 53.3 Å². The van der Waals surface area contributed by atoms with E-state index in [9.17, 15) is 0 Å². The highest BCUT2D eigenvalue weighted by Crippen LogP contribution is 2.18. The molecule has 2 atom stereocenters. The Hall–Kier alpha value is -0.820. The molecule has 1 fully saturated rings. The Balaban J connectivity index is 0.00000264. The third kappa shape index (κ3) is 7.08. The summed E-state index contributed by atoms with van der Waals surface area (Å²) in [6.07, 6.45) is 4.94. The zero-order valence-electron chi connectivity index (χ0n) is 14.4. The standard InChI is InChI=1S/C18H30N4.HI/c1-15-8-6-7-13-22(15)16(2)14-21-18(19)20-12-11-17-9-4-3-5-10-17;/h3-5,9-10,15-16H,6-8,11-14H2,1-2H3,(H3,19,20,21);1H. The zero-order chi connectivity index (χ0) is 15.8. The minimum Gasteiger partial charge on any atom is -0.370 e. The molecule has 1 aromatic carbocycles. The Labute approximate surface area is 157 Å². The molecule has 0 aromatic heterocycles. The van der Waals surface area contributed by atoms with Gasteiger partial charge in [0.2, 0.25) is 0 Å². The maximum absolute atomic E-state index is 5.97. The van der Waals surface area contributed by atoms with E-state index < -0.39 is 0 Å². The molecule has 0 aliphatic carbocycles. The van der Waals surface area contributed by atoms with Crippen LogP contribution in [0.15, 0.2) is 35.3 Å². The van der Waals surface area contributed by atoms with Gasteiger partial charge in [-0.05, 0) is 45.2 Å².